The molecule has 0 radical (unpaired) electrons. The van der Waals surface area contributed by atoms with Crippen molar-refractivity contribution in [2.45, 2.75) is 59.3 Å². The number of likely N-dealkylation sites (N-methyl/N-ethyl adjacent to an activating group) is 1. The van der Waals surface area contributed by atoms with Gasteiger partial charge in [-0.3, -0.25) is 0 Å². The molecule has 2 rings (SSSR count). The Hall–Kier alpha value is -1.08. The van der Waals surface area contributed by atoms with Gasteiger partial charge in [0.2, 0.25) is 0 Å². The molecule has 122 valence electrons. The fourth-order valence-corrected chi connectivity index (χ4v) is 3.30. The molecule has 0 heterocycles. The van der Waals surface area contributed by atoms with E-state index in [9.17, 15) is 0 Å². The topological polar surface area (TPSA) is 12.0 Å². The van der Waals surface area contributed by atoms with Crippen LogP contribution in [0.3, 0.4) is 0 Å². The molecule has 2 unspecified atom stereocenters. The Balaban J connectivity index is 2.01. The molecule has 0 aromatic heterocycles. The maximum absolute atomic E-state index is 3.23. The van der Waals surface area contributed by atoms with Crippen LogP contribution >= 0.6 is 0 Å². The summed E-state index contributed by atoms with van der Waals surface area (Å²) in [6.07, 6.45) is 10.1. The minimum Gasteiger partial charge on any atom is -0.319 e. The summed E-state index contributed by atoms with van der Waals surface area (Å²) in [4.78, 5) is 0. The molecule has 1 aromatic carbocycles. The van der Waals surface area contributed by atoms with Gasteiger partial charge in [-0.2, -0.15) is 0 Å². The molecule has 1 aliphatic rings. The van der Waals surface area contributed by atoms with Crippen LogP contribution < -0.4 is 5.32 Å². The summed E-state index contributed by atoms with van der Waals surface area (Å²) in [7, 11) is 2.02. The molecule has 0 aliphatic heterocycles. The van der Waals surface area contributed by atoms with E-state index < -0.39 is 0 Å². The van der Waals surface area contributed by atoms with Crippen molar-refractivity contribution in [3.8, 4) is 0 Å². The number of hydrogen-bond acceptors (Lipinski definition) is 1. The minimum absolute atomic E-state index is 0.742. The first-order valence-corrected chi connectivity index (χ1v) is 9.10. The highest BCUT2D eigenvalue weighted by Gasteiger charge is 2.16. The molecule has 1 aromatic rings. The van der Waals surface area contributed by atoms with Gasteiger partial charge in [0.25, 0.3) is 0 Å². The molecular formula is C21H33N. The highest BCUT2D eigenvalue weighted by Crippen LogP contribution is 2.31. The van der Waals surface area contributed by atoms with Crippen LogP contribution in [0.2, 0.25) is 0 Å². The van der Waals surface area contributed by atoms with E-state index in [2.05, 4.69) is 50.4 Å². The summed E-state index contributed by atoms with van der Waals surface area (Å²) >= 11 is 0. The molecule has 1 nitrogen and oxygen atoms in total. The number of aryl methyl sites for hydroxylation is 1. The zero-order chi connectivity index (χ0) is 15.9. The highest BCUT2D eigenvalue weighted by atomic mass is 14.8. The second-order valence-corrected chi connectivity index (χ2v) is 7.10. The minimum atomic E-state index is 0.742. The summed E-state index contributed by atoms with van der Waals surface area (Å²) < 4.78 is 0. The molecule has 0 saturated heterocycles. The lowest BCUT2D eigenvalue weighted by atomic mass is 9.82. The van der Waals surface area contributed by atoms with Crippen LogP contribution in [-0.4, -0.2) is 13.6 Å². The molecule has 2 atom stereocenters. The van der Waals surface area contributed by atoms with Gasteiger partial charge in [0.15, 0.2) is 0 Å². The molecule has 0 amide bonds. The Morgan fingerprint density at radius 1 is 1.14 bits per heavy atom. The zero-order valence-electron chi connectivity index (χ0n) is 14.9. The number of fused-ring (bicyclic) bond motifs is 1. The third-order valence-corrected chi connectivity index (χ3v) is 5.32. The molecule has 1 aliphatic carbocycles. The fraction of sp³-hybridized carbons (Fsp3) is 0.619. The second kappa shape index (κ2) is 8.53. The van der Waals surface area contributed by atoms with Gasteiger partial charge in [-0.05, 0) is 67.8 Å². The largest absolute Gasteiger partial charge is 0.319 e. The van der Waals surface area contributed by atoms with Crippen molar-refractivity contribution in [1.29, 1.82) is 0 Å². The normalized spacial score (nSPS) is 16.8. The third kappa shape index (κ3) is 4.71. The Morgan fingerprint density at radius 3 is 2.68 bits per heavy atom. The Bertz CT molecular complexity index is 501. The van der Waals surface area contributed by atoms with Crippen LogP contribution in [0.4, 0.5) is 0 Å². The van der Waals surface area contributed by atoms with E-state index in [1.54, 1.807) is 11.1 Å². The lowest BCUT2D eigenvalue weighted by molar-refractivity contribution is 0.446. The first-order chi connectivity index (χ1) is 10.6. The lowest BCUT2D eigenvalue weighted by Gasteiger charge is -2.23. The van der Waals surface area contributed by atoms with Gasteiger partial charge in [-0.25, -0.2) is 0 Å². The fourth-order valence-electron chi connectivity index (χ4n) is 3.30. The number of rotatable bonds is 8. The van der Waals surface area contributed by atoms with Crippen molar-refractivity contribution >= 4 is 6.08 Å². The maximum Gasteiger partial charge on any atom is -0.00114 e. The van der Waals surface area contributed by atoms with Gasteiger partial charge in [0, 0.05) is 0 Å². The van der Waals surface area contributed by atoms with Crippen LogP contribution in [-0.2, 0) is 12.8 Å². The van der Waals surface area contributed by atoms with Gasteiger partial charge in [0.05, 0.1) is 0 Å². The van der Waals surface area contributed by atoms with Gasteiger partial charge >= 0.3 is 0 Å². The van der Waals surface area contributed by atoms with Gasteiger partial charge in [0.1, 0.15) is 0 Å². The highest BCUT2D eigenvalue weighted by molar-refractivity contribution is 5.60. The van der Waals surface area contributed by atoms with E-state index in [1.165, 1.54) is 43.2 Å². The Labute approximate surface area is 137 Å². The molecule has 0 fully saturated rings. The van der Waals surface area contributed by atoms with Crippen LogP contribution in [0.1, 0.15) is 63.1 Å². The smallest absolute Gasteiger partial charge is 0.00114 e. The molecule has 1 N–H and O–H groups in total. The SMILES string of the molecule is CCC(C)CCC(C)C1=Cc2ccc(CCNC)cc2CC1. The predicted octanol–water partition coefficient (Wildman–Crippen LogP) is 5.24. The van der Waals surface area contributed by atoms with Crippen LogP contribution in [0.25, 0.3) is 6.08 Å². The average Bonchev–Trinajstić information content (AvgIpc) is 2.56. The van der Waals surface area contributed by atoms with Gasteiger partial charge in [-0.1, -0.05) is 63.5 Å². The van der Waals surface area contributed by atoms with Crippen molar-refractivity contribution in [2.75, 3.05) is 13.6 Å². The zero-order valence-corrected chi connectivity index (χ0v) is 14.9. The van der Waals surface area contributed by atoms with E-state index in [4.69, 9.17) is 0 Å². The van der Waals surface area contributed by atoms with E-state index in [0.717, 1.165) is 24.8 Å². The molecule has 0 saturated carbocycles. The lowest BCUT2D eigenvalue weighted by Crippen LogP contribution is -2.11. The van der Waals surface area contributed by atoms with E-state index >= 15 is 0 Å². The Morgan fingerprint density at radius 2 is 1.95 bits per heavy atom. The third-order valence-electron chi connectivity index (χ3n) is 5.32. The van der Waals surface area contributed by atoms with Crippen LogP contribution in [0.5, 0.6) is 0 Å². The van der Waals surface area contributed by atoms with Gasteiger partial charge < -0.3 is 5.32 Å². The number of benzene rings is 1. The van der Waals surface area contributed by atoms with Crippen LogP contribution in [0, 0.1) is 11.8 Å². The molecule has 0 bridgehead atoms. The second-order valence-electron chi connectivity index (χ2n) is 7.10. The van der Waals surface area contributed by atoms with Gasteiger partial charge in [-0.15, -0.1) is 0 Å². The molecule has 22 heavy (non-hydrogen) atoms. The molecular weight excluding hydrogens is 266 g/mol. The van der Waals surface area contributed by atoms with Crippen molar-refractivity contribution in [3.05, 3.63) is 40.5 Å². The van der Waals surface area contributed by atoms with Crippen molar-refractivity contribution < 1.29 is 0 Å². The van der Waals surface area contributed by atoms with E-state index in [1.807, 2.05) is 7.05 Å². The predicted molar refractivity (Wildman–Crippen MR) is 98.2 cm³/mol. The first kappa shape index (κ1) is 17.3. The quantitative estimate of drug-likeness (QED) is 0.692. The van der Waals surface area contributed by atoms with Crippen molar-refractivity contribution in [1.82, 2.24) is 5.32 Å². The summed E-state index contributed by atoms with van der Waals surface area (Å²) in [5.41, 5.74) is 6.14. The Kier molecular flexibility index (Phi) is 6.70. The first-order valence-electron chi connectivity index (χ1n) is 9.10. The standard InChI is InChI=1S/C21H33N/c1-5-16(2)6-7-17(3)19-10-11-20-14-18(12-13-22-4)8-9-21(20)15-19/h8-9,14-17,22H,5-7,10-13H2,1-4H3. The monoisotopic (exact) mass is 299 g/mol. The molecule has 1 heteroatoms. The van der Waals surface area contributed by atoms with E-state index in [-0.39, 0.29) is 0 Å². The summed E-state index contributed by atoms with van der Waals surface area (Å²) in [5.74, 6) is 1.61. The molecule has 0 spiro atoms. The van der Waals surface area contributed by atoms with Crippen LogP contribution in [0.15, 0.2) is 23.8 Å². The summed E-state index contributed by atoms with van der Waals surface area (Å²) in [5, 5.41) is 3.23. The maximum atomic E-state index is 3.23. The number of allylic oxidation sites excluding steroid dienone is 1. The summed E-state index contributed by atoms with van der Waals surface area (Å²) in [6, 6.07) is 7.06. The average molecular weight is 300 g/mol. The number of nitrogens with one attached hydrogen (secondary N) is 1. The van der Waals surface area contributed by atoms with Crippen molar-refractivity contribution in [2.24, 2.45) is 11.8 Å². The number of hydrogen-bond donors (Lipinski definition) is 1. The van der Waals surface area contributed by atoms with Crippen molar-refractivity contribution in [3.63, 3.8) is 0 Å². The van der Waals surface area contributed by atoms with E-state index in [0.29, 0.717) is 0 Å². The summed E-state index contributed by atoms with van der Waals surface area (Å²) in [6.45, 7) is 8.16.